The summed E-state index contributed by atoms with van der Waals surface area (Å²) in [6.07, 6.45) is 2.26. The van der Waals surface area contributed by atoms with Crippen LogP contribution in [-0.4, -0.2) is 39.0 Å². The van der Waals surface area contributed by atoms with Crippen molar-refractivity contribution in [1.82, 2.24) is 14.5 Å². The highest BCUT2D eigenvalue weighted by Gasteiger charge is 2.19. The molecule has 0 fully saturated rings. The lowest BCUT2D eigenvalue weighted by molar-refractivity contribution is 0.0802. The molecule has 0 aliphatic heterocycles. The maximum absolute atomic E-state index is 12.1. The number of nitrogens with two attached hydrogens (primary N) is 1. The standard InChI is InChI=1S/C10H16N4OS2/c1-3-4-7-9(17-13-12-7)10(15)14(2)6-5-8(11)16/h3-6H2,1-2H3,(H2,11,16). The Kier molecular flexibility index (Phi) is 5.43. The van der Waals surface area contributed by atoms with Crippen molar-refractivity contribution in [3.05, 3.63) is 10.6 Å². The van der Waals surface area contributed by atoms with Crippen LogP contribution >= 0.6 is 23.8 Å². The summed E-state index contributed by atoms with van der Waals surface area (Å²) in [4.78, 5) is 14.7. The fraction of sp³-hybridized carbons (Fsp3) is 0.600. The van der Waals surface area contributed by atoms with Crippen molar-refractivity contribution < 1.29 is 4.79 Å². The van der Waals surface area contributed by atoms with E-state index in [1.165, 1.54) is 0 Å². The molecule has 0 saturated carbocycles. The number of nitrogens with zero attached hydrogens (tertiary/aromatic N) is 3. The minimum atomic E-state index is -0.0558. The van der Waals surface area contributed by atoms with Gasteiger partial charge in [-0.1, -0.05) is 30.1 Å². The number of aromatic nitrogens is 2. The molecule has 17 heavy (non-hydrogen) atoms. The topological polar surface area (TPSA) is 72.1 Å². The van der Waals surface area contributed by atoms with Gasteiger partial charge in [-0.05, 0) is 18.0 Å². The highest BCUT2D eigenvalue weighted by Crippen LogP contribution is 2.14. The molecule has 0 aliphatic carbocycles. The molecule has 1 amide bonds. The van der Waals surface area contributed by atoms with Gasteiger partial charge < -0.3 is 10.6 Å². The molecule has 1 aromatic rings. The third-order valence-corrected chi connectivity index (χ3v) is 3.24. The van der Waals surface area contributed by atoms with Gasteiger partial charge in [-0.25, -0.2) is 0 Å². The predicted octanol–water partition coefficient (Wildman–Crippen LogP) is 1.24. The van der Waals surface area contributed by atoms with Gasteiger partial charge in [-0.2, -0.15) is 0 Å². The van der Waals surface area contributed by atoms with Crippen LogP contribution in [0.3, 0.4) is 0 Å². The van der Waals surface area contributed by atoms with E-state index in [1.54, 1.807) is 11.9 Å². The molecule has 5 nitrogen and oxygen atoms in total. The quantitative estimate of drug-likeness (QED) is 0.789. The lowest BCUT2D eigenvalue weighted by atomic mass is 10.2. The highest BCUT2D eigenvalue weighted by atomic mass is 32.1. The fourth-order valence-corrected chi connectivity index (χ4v) is 2.12. The van der Waals surface area contributed by atoms with Crippen LogP contribution in [0, 0.1) is 0 Å². The molecular weight excluding hydrogens is 256 g/mol. The summed E-state index contributed by atoms with van der Waals surface area (Å²) < 4.78 is 3.83. The second-order valence-corrected chi connectivity index (χ2v) is 5.02. The van der Waals surface area contributed by atoms with E-state index in [9.17, 15) is 4.79 Å². The molecular formula is C10H16N4OS2. The third kappa shape index (κ3) is 4.01. The number of hydrogen-bond donors (Lipinski definition) is 1. The van der Waals surface area contributed by atoms with Gasteiger partial charge in [-0.3, -0.25) is 4.79 Å². The van der Waals surface area contributed by atoms with Gasteiger partial charge in [0.1, 0.15) is 4.88 Å². The average molecular weight is 272 g/mol. The van der Waals surface area contributed by atoms with E-state index in [2.05, 4.69) is 9.59 Å². The molecule has 7 heteroatoms. The maximum Gasteiger partial charge on any atom is 0.267 e. The Hall–Kier alpha value is -1.08. The molecule has 0 aromatic carbocycles. The number of hydrogen-bond acceptors (Lipinski definition) is 5. The van der Waals surface area contributed by atoms with Crippen LogP contribution in [-0.2, 0) is 6.42 Å². The van der Waals surface area contributed by atoms with E-state index in [0.29, 0.717) is 22.8 Å². The number of thiocarbonyl (C=S) groups is 1. The van der Waals surface area contributed by atoms with Crippen LogP contribution in [0.5, 0.6) is 0 Å². The third-order valence-electron chi connectivity index (χ3n) is 2.28. The second kappa shape index (κ2) is 6.61. The van der Waals surface area contributed by atoms with Crippen molar-refractivity contribution in [3.8, 4) is 0 Å². The molecule has 94 valence electrons. The van der Waals surface area contributed by atoms with Gasteiger partial charge in [0.25, 0.3) is 5.91 Å². The van der Waals surface area contributed by atoms with E-state index in [1.807, 2.05) is 6.92 Å². The van der Waals surface area contributed by atoms with Gasteiger partial charge in [0.15, 0.2) is 0 Å². The molecule has 0 aliphatic rings. The lowest BCUT2D eigenvalue weighted by Gasteiger charge is -2.15. The molecule has 1 aromatic heterocycles. The monoisotopic (exact) mass is 272 g/mol. The summed E-state index contributed by atoms with van der Waals surface area (Å²) in [5.74, 6) is -0.0558. The van der Waals surface area contributed by atoms with Crippen molar-refractivity contribution >= 4 is 34.6 Å². The van der Waals surface area contributed by atoms with Crippen LogP contribution in [0.25, 0.3) is 0 Å². The zero-order valence-corrected chi connectivity index (χ0v) is 11.6. The molecule has 1 rings (SSSR count). The first kappa shape index (κ1) is 14.0. The van der Waals surface area contributed by atoms with Crippen molar-refractivity contribution in [2.75, 3.05) is 13.6 Å². The molecule has 2 N–H and O–H groups in total. The summed E-state index contributed by atoms with van der Waals surface area (Å²) in [5.41, 5.74) is 6.19. The summed E-state index contributed by atoms with van der Waals surface area (Å²) >= 11 is 5.93. The van der Waals surface area contributed by atoms with Crippen LogP contribution in [0.15, 0.2) is 0 Å². The van der Waals surface area contributed by atoms with Crippen LogP contribution in [0.2, 0.25) is 0 Å². The van der Waals surface area contributed by atoms with Crippen molar-refractivity contribution in [2.45, 2.75) is 26.2 Å². The predicted molar refractivity (Wildman–Crippen MR) is 72.3 cm³/mol. The second-order valence-electron chi connectivity index (χ2n) is 3.74. The minimum Gasteiger partial charge on any atom is -0.393 e. The van der Waals surface area contributed by atoms with Crippen molar-refractivity contribution in [3.63, 3.8) is 0 Å². The van der Waals surface area contributed by atoms with Gasteiger partial charge >= 0.3 is 0 Å². The van der Waals surface area contributed by atoms with E-state index < -0.39 is 0 Å². The maximum atomic E-state index is 12.1. The normalized spacial score (nSPS) is 10.2. The Morgan fingerprint density at radius 2 is 2.29 bits per heavy atom. The highest BCUT2D eigenvalue weighted by molar-refractivity contribution is 7.80. The molecule has 0 bridgehead atoms. The molecule has 0 saturated heterocycles. The van der Waals surface area contributed by atoms with E-state index >= 15 is 0 Å². The minimum absolute atomic E-state index is 0.0558. The molecule has 0 unspecified atom stereocenters. The van der Waals surface area contributed by atoms with Crippen LogP contribution < -0.4 is 5.73 Å². The summed E-state index contributed by atoms with van der Waals surface area (Å²) in [6.45, 7) is 2.57. The summed E-state index contributed by atoms with van der Waals surface area (Å²) in [7, 11) is 1.73. The molecule has 1 heterocycles. The molecule has 0 atom stereocenters. The van der Waals surface area contributed by atoms with E-state index in [4.69, 9.17) is 18.0 Å². The smallest absolute Gasteiger partial charge is 0.267 e. The first-order valence-electron chi connectivity index (χ1n) is 5.41. The number of carbonyl (C=O) groups excluding carboxylic acids is 1. The van der Waals surface area contributed by atoms with Crippen LogP contribution in [0.1, 0.15) is 35.1 Å². The number of aryl methyl sites for hydroxylation is 1. The summed E-state index contributed by atoms with van der Waals surface area (Å²) in [6, 6.07) is 0. The molecule has 0 spiro atoms. The number of amides is 1. The zero-order valence-electron chi connectivity index (χ0n) is 9.97. The van der Waals surface area contributed by atoms with Gasteiger partial charge in [-0.15, -0.1) is 5.10 Å². The Morgan fingerprint density at radius 1 is 1.59 bits per heavy atom. The van der Waals surface area contributed by atoms with Crippen LogP contribution in [0.4, 0.5) is 0 Å². The first-order valence-corrected chi connectivity index (χ1v) is 6.59. The van der Waals surface area contributed by atoms with Crippen molar-refractivity contribution in [2.24, 2.45) is 5.73 Å². The van der Waals surface area contributed by atoms with E-state index in [-0.39, 0.29) is 5.91 Å². The Bertz CT molecular complexity index is 405. The van der Waals surface area contributed by atoms with Crippen molar-refractivity contribution in [1.29, 1.82) is 0 Å². The SMILES string of the molecule is CCCc1nnsc1C(=O)N(C)CCC(N)=S. The molecule has 0 radical (unpaired) electrons. The fourth-order valence-electron chi connectivity index (χ4n) is 1.32. The zero-order chi connectivity index (χ0) is 12.8. The number of carbonyl (C=O) groups is 1. The van der Waals surface area contributed by atoms with Gasteiger partial charge in [0.2, 0.25) is 0 Å². The summed E-state index contributed by atoms with van der Waals surface area (Å²) in [5, 5.41) is 3.98. The Labute approximate surface area is 110 Å². The Morgan fingerprint density at radius 3 is 2.88 bits per heavy atom. The van der Waals surface area contributed by atoms with E-state index in [0.717, 1.165) is 30.1 Å². The largest absolute Gasteiger partial charge is 0.393 e. The van der Waals surface area contributed by atoms with Gasteiger partial charge in [0, 0.05) is 20.0 Å². The average Bonchev–Trinajstić information content (AvgIpc) is 2.73. The Balaban J connectivity index is 2.67. The first-order chi connectivity index (χ1) is 8.06. The van der Waals surface area contributed by atoms with Gasteiger partial charge in [0.05, 0.1) is 10.7 Å². The lowest BCUT2D eigenvalue weighted by Crippen LogP contribution is -2.30. The number of rotatable bonds is 6.